The highest BCUT2D eigenvalue weighted by molar-refractivity contribution is 7.80. The van der Waals surface area contributed by atoms with Crippen molar-refractivity contribution in [2.45, 2.75) is 13.8 Å². The van der Waals surface area contributed by atoms with E-state index in [1.807, 2.05) is 7.05 Å². The van der Waals surface area contributed by atoms with Gasteiger partial charge in [-0.15, -0.1) is 0 Å². The molecule has 0 aliphatic heterocycles. The van der Waals surface area contributed by atoms with Gasteiger partial charge in [0, 0.05) is 19.7 Å². The molecule has 0 aliphatic rings. The van der Waals surface area contributed by atoms with Gasteiger partial charge in [0.15, 0.2) is 0 Å². The van der Waals surface area contributed by atoms with Crippen LogP contribution in [0.25, 0.3) is 0 Å². The topological polar surface area (TPSA) is 38.5 Å². The first-order valence-electron chi connectivity index (χ1n) is 4.57. The predicted octanol–water partition coefficient (Wildman–Crippen LogP) is 0.877. The minimum Gasteiger partial charge on any atom is -0.392 e. The van der Waals surface area contributed by atoms with E-state index in [1.165, 1.54) is 0 Å². The van der Waals surface area contributed by atoms with Crippen molar-refractivity contribution in [2.24, 2.45) is 11.7 Å². The van der Waals surface area contributed by atoms with Gasteiger partial charge in [0.25, 0.3) is 0 Å². The fourth-order valence-electron chi connectivity index (χ4n) is 0.885. The molecule has 0 aromatic heterocycles. The number of thiocarbonyl (C=S) groups is 1. The van der Waals surface area contributed by atoms with Gasteiger partial charge >= 0.3 is 0 Å². The second-order valence-corrected chi connectivity index (χ2v) is 4.20. The van der Waals surface area contributed by atoms with Gasteiger partial charge in [-0.05, 0) is 13.0 Å². The summed E-state index contributed by atoms with van der Waals surface area (Å²) in [7, 11) is 1.98. The average molecular weight is 204 g/mol. The second-order valence-electron chi connectivity index (χ2n) is 3.67. The van der Waals surface area contributed by atoms with Crippen molar-refractivity contribution in [3.8, 4) is 0 Å². The van der Waals surface area contributed by atoms with Gasteiger partial charge in [-0.25, -0.2) is 0 Å². The molecule has 0 bridgehead atoms. The largest absolute Gasteiger partial charge is 0.392 e. The molecule has 0 aromatic rings. The molecule has 0 radical (unpaired) electrons. The Bertz CT molecular complexity index is 151. The van der Waals surface area contributed by atoms with Crippen LogP contribution in [0.4, 0.5) is 0 Å². The highest BCUT2D eigenvalue weighted by atomic mass is 32.1. The van der Waals surface area contributed by atoms with Gasteiger partial charge in [0.1, 0.15) is 0 Å². The normalized spacial score (nSPS) is 11.2. The smallest absolute Gasteiger partial charge is 0.0869 e. The van der Waals surface area contributed by atoms with E-state index in [-0.39, 0.29) is 0 Å². The zero-order chi connectivity index (χ0) is 10.3. The lowest BCUT2D eigenvalue weighted by Gasteiger charge is -2.15. The third-order valence-electron chi connectivity index (χ3n) is 1.49. The fraction of sp³-hybridized carbons (Fsp3) is 0.889. The van der Waals surface area contributed by atoms with Crippen LogP contribution in [-0.2, 0) is 4.74 Å². The zero-order valence-electron chi connectivity index (χ0n) is 8.75. The molecule has 13 heavy (non-hydrogen) atoms. The Morgan fingerprint density at radius 3 is 2.62 bits per heavy atom. The van der Waals surface area contributed by atoms with E-state index in [2.05, 4.69) is 18.7 Å². The molecule has 3 nitrogen and oxygen atoms in total. The van der Waals surface area contributed by atoms with Crippen molar-refractivity contribution >= 4 is 17.2 Å². The number of hydrogen-bond acceptors (Lipinski definition) is 3. The summed E-state index contributed by atoms with van der Waals surface area (Å²) in [5.41, 5.74) is 5.39. The van der Waals surface area contributed by atoms with Crippen LogP contribution in [0.15, 0.2) is 0 Å². The Labute approximate surface area is 86.2 Å². The third-order valence-corrected chi connectivity index (χ3v) is 1.62. The molecule has 0 heterocycles. The molecule has 0 unspecified atom stereocenters. The first-order chi connectivity index (χ1) is 6.02. The molecular weight excluding hydrogens is 184 g/mol. The number of nitrogens with two attached hydrogens (primary N) is 1. The van der Waals surface area contributed by atoms with Crippen LogP contribution in [0, 0.1) is 5.92 Å². The van der Waals surface area contributed by atoms with Crippen LogP contribution in [0.5, 0.6) is 0 Å². The Hall–Kier alpha value is -0.190. The maximum absolute atomic E-state index is 5.42. The number of nitrogens with zero attached hydrogens (tertiary/aromatic N) is 1. The Morgan fingerprint density at radius 2 is 2.15 bits per heavy atom. The molecule has 78 valence electrons. The van der Waals surface area contributed by atoms with E-state index in [0.717, 1.165) is 19.8 Å². The van der Waals surface area contributed by atoms with Crippen molar-refractivity contribution in [3.63, 3.8) is 0 Å². The molecular formula is C9H20N2OS. The lowest BCUT2D eigenvalue weighted by Crippen LogP contribution is -2.32. The molecule has 0 aliphatic carbocycles. The number of likely N-dealkylation sites (N-methyl/N-ethyl adjacent to an activating group) is 1. The Kier molecular flexibility index (Phi) is 7.13. The highest BCUT2D eigenvalue weighted by Gasteiger charge is 1.99. The van der Waals surface area contributed by atoms with E-state index in [9.17, 15) is 0 Å². The van der Waals surface area contributed by atoms with E-state index in [0.29, 0.717) is 17.5 Å². The van der Waals surface area contributed by atoms with Crippen molar-refractivity contribution in [1.29, 1.82) is 0 Å². The maximum Gasteiger partial charge on any atom is 0.0869 e. The number of ether oxygens (including phenoxy) is 1. The SMILES string of the molecule is CC(C)COCCN(C)CC(N)=S. The fourth-order valence-corrected chi connectivity index (χ4v) is 1.10. The lowest BCUT2D eigenvalue weighted by molar-refractivity contribution is 0.0946. The van der Waals surface area contributed by atoms with Gasteiger partial charge in [-0.1, -0.05) is 26.1 Å². The molecule has 0 saturated heterocycles. The molecule has 0 rings (SSSR count). The van der Waals surface area contributed by atoms with E-state index < -0.39 is 0 Å². The van der Waals surface area contributed by atoms with Crippen molar-refractivity contribution < 1.29 is 4.74 Å². The first kappa shape index (κ1) is 12.8. The van der Waals surface area contributed by atoms with Crippen LogP contribution >= 0.6 is 12.2 Å². The molecule has 0 spiro atoms. The molecule has 4 heteroatoms. The molecule has 0 atom stereocenters. The standard InChI is InChI=1S/C9H20N2OS/c1-8(2)7-12-5-4-11(3)6-9(10)13/h8H,4-7H2,1-3H3,(H2,10,13). The highest BCUT2D eigenvalue weighted by Crippen LogP contribution is 1.92. The van der Waals surface area contributed by atoms with Crippen LogP contribution in [0.2, 0.25) is 0 Å². The molecule has 0 saturated carbocycles. The van der Waals surface area contributed by atoms with Gasteiger partial charge in [-0.3, -0.25) is 4.90 Å². The summed E-state index contributed by atoms with van der Waals surface area (Å²) in [6.07, 6.45) is 0. The summed E-state index contributed by atoms with van der Waals surface area (Å²) >= 11 is 4.79. The lowest BCUT2D eigenvalue weighted by atomic mass is 10.2. The summed E-state index contributed by atoms with van der Waals surface area (Å²) in [6.45, 7) is 7.39. The van der Waals surface area contributed by atoms with Crippen LogP contribution in [-0.4, -0.2) is 43.2 Å². The van der Waals surface area contributed by atoms with E-state index in [4.69, 9.17) is 22.7 Å². The van der Waals surface area contributed by atoms with Crippen LogP contribution in [0.3, 0.4) is 0 Å². The zero-order valence-corrected chi connectivity index (χ0v) is 9.56. The van der Waals surface area contributed by atoms with Gasteiger partial charge in [-0.2, -0.15) is 0 Å². The van der Waals surface area contributed by atoms with Crippen LogP contribution in [0.1, 0.15) is 13.8 Å². The summed E-state index contributed by atoms with van der Waals surface area (Å²) in [5, 5.41) is 0. The van der Waals surface area contributed by atoms with Gasteiger partial charge < -0.3 is 10.5 Å². The van der Waals surface area contributed by atoms with Crippen LogP contribution < -0.4 is 5.73 Å². The van der Waals surface area contributed by atoms with Crippen molar-refractivity contribution in [2.75, 3.05) is 33.4 Å². The van der Waals surface area contributed by atoms with Gasteiger partial charge in [0.2, 0.25) is 0 Å². The van der Waals surface area contributed by atoms with Crippen molar-refractivity contribution in [1.82, 2.24) is 4.90 Å². The van der Waals surface area contributed by atoms with E-state index >= 15 is 0 Å². The summed E-state index contributed by atoms with van der Waals surface area (Å²) in [5.74, 6) is 0.598. The minimum atomic E-state index is 0.534. The first-order valence-corrected chi connectivity index (χ1v) is 4.97. The maximum atomic E-state index is 5.42. The quantitative estimate of drug-likeness (QED) is 0.493. The predicted molar refractivity (Wildman–Crippen MR) is 59.9 cm³/mol. The third kappa shape index (κ3) is 9.73. The average Bonchev–Trinajstić information content (AvgIpc) is 1.96. The number of hydrogen-bond donors (Lipinski definition) is 1. The van der Waals surface area contributed by atoms with E-state index in [1.54, 1.807) is 0 Å². The molecule has 0 amide bonds. The van der Waals surface area contributed by atoms with Gasteiger partial charge in [0.05, 0.1) is 11.6 Å². The summed E-state index contributed by atoms with van der Waals surface area (Å²) in [4.78, 5) is 2.59. The molecule has 0 fully saturated rings. The van der Waals surface area contributed by atoms with Crippen molar-refractivity contribution in [3.05, 3.63) is 0 Å². The number of rotatable bonds is 7. The summed E-state index contributed by atoms with van der Waals surface area (Å²) < 4.78 is 5.42. The Balaban J connectivity index is 3.26. The molecule has 0 aromatic carbocycles. The monoisotopic (exact) mass is 204 g/mol. The molecule has 2 N–H and O–H groups in total. The Morgan fingerprint density at radius 1 is 1.54 bits per heavy atom. The summed E-state index contributed by atoms with van der Waals surface area (Å²) in [6, 6.07) is 0. The second kappa shape index (κ2) is 7.24. The minimum absolute atomic E-state index is 0.534.